The first-order valence-corrected chi connectivity index (χ1v) is 9.71. The van der Waals surface area contributed by atoms with Crippen molar-refractivity contribution in [1.82, 2.24) is 10.2 Å². The molecule has 7 heteroatoms. The molecule has 1 N–H and O–H groups in total. The third kappa shape index (κ3) is 6.87. The lowest BCUT2D eigenvalue weighted by molar-refractivity contribution is -0.176. The summed E-state index contributed by atoms with van der Waals surface area (Å²) in [6, 6.07) is 14.5. The number of carbonyl (C=O) groups excluding carboxylic acids is 1. The first-order valence-electron chi connectivity index (χ1n) is 9.71. The summed E-state index contributed by atoms with van der Waals surface area (Å²) in [4.78, 5) is 14.8. The number of likely N-dealkylation sites (tertiary alicyclic amines) is 1. The second kappa shape index (κ2) is 9.89. The minimum Gasteiger partial charge on any atom is -0.367 e. The van der Waals surface area contributed by atoms with Gasteiger partial charge in [-0.3, -0.25) is 9.69 Å². The van der Waals surface area contributed by atoms with E-state index in [1.54, 1.807) is 24.3 Å². The highest BCUT2D eigenvalue weighted by atomic mass is 19.4. The second-order valence-electron chi connectivity index (χ2n) is 7.24. The van der Waals surface area contributed by atoms with Crippen LogP contribution in [0.4, 0.5) is 13.2 Å². The van der Waals surface area contributed by atoms with Crippen molar-refractivity contribution >= 4 is 5.91 Å². The molecule has 0 atom stereocenters. The summed E-state index contributed by atoms with van der Waals surface area (Å²) in [5.41, 5.74) is 3.35. The van der Waals surface area contributed by atoms with Crippen LogP contribution in [0.15, 0.2) is 48.5 Å². The molecule has 2 aromatic rings. The monoisotopic (exact) mass is 406 g/mol. The fourth-order valence-electron chi connectivity index (χ4n) is 3.38. The lowest BCUT2D eigenvalue weighted by atomic mass is 10.1. The zero-order valence-corrected chi connectivity index (χ0v) is 16.2. The first-order chi connectivity index (χ1) is 13.9. The summed E-state index contributed by atoms with van der Waals surface area (Å²) in [6.07, 6.45) is -1.88. The largest absolute Gasteiger partial charge is 0.411 e. The van der Waals surface area contributed by atoms with Crippen molar-refractivity contribution in [2.45, 2.75) is 38.7 Å². The van der Waals surface area contributed by atoms with E-state index < -0.39 is 12.8 Å². The van der Waals surface area contributed by atoms with Crippen LogP contribution >= 0.6 is 0 Å². The van der Waals surface area contributed by atoms with Gasteiger partial charge in [0.1, 0.15) is 6.61 Å². The summed E-state index contributed by atoms with van der Waals surface area (Å²) < 4.78 is 41.0. The molecule has 1 amide bonds. The molecule has 0 aromatic heterocycles. The molecule has 1 heterocycles. The van der Waals surface area contributed by atoms with Crippen LogP contribution in [0.2, 0.25) is 0 Å². The fourth-order valence-corrected chi connectivity index (χ4v) is 3.38. The van der Waals surface area contributed by atoms with Gasteiger partial charge in [-0.15, -0.1) is 0 Å². The van der Waals surface area contributed by atoms with Crippen molar-refractivity contribution in [3.8, 4) is 0 Å². The third-order valence-electron chi connectivity index (χ3n) is 4.90. The van der Waals surface area contributed by atoms with Gasteiger partial charge in [-0.25, -0.2) is 0 Å². The average molecular weight is 406 g/mol. The number of hydrogen-bond donors (Lipinski definition) is 1. The molecular formula is C22H25F3N2O2. The molecule has 0 radical (unpaired) electrons. The average Bonchev–Trinajstić information content (AvgIpc) is 3.20. The van der Waals surface area contributed by atoms with Crippen molar-refractivity contribution in [2.75, 3.05) is 19.7 Å². The Labute approximate surface area is 168 Å². The number of nitrogens with one attached hydrogen (secondary N) is 1. The second-order valence-corrected chi connectivity index (χ2v) is 7.24. The Bertz CT molecular complexity index is 800. The summed E-state index contributed by atoms with van der Waals surface area (Å²) >= 11 is 0. The summed E-state index contributed by atoms with van der Waals surface area (Å²) in [5.74, 6) is -0.219. The van der Waals surface area contributed by atoms with Crippen LogP contribution in [0, 0.1) is 0 Å². The number of alkyl halides is 3. The Morgan fingerprint density at radius 2 is 1.66 bits per heavy atom. The van der Waals surface area contributed by atoms with E-state index in [0.29, 0.717) is 17.7 Å². The van der Waals surface area contributed by atoms with E-state index in [9.17, 15) is 18.0 Å². The highest BCUT2D eigenvalue weighted by Crippen LogP contribution is 2.17. The van der Waals surface area contributed by atoms with Gasteiger partial charge in [0.25, 0.3) is 5.91 Å². The van der Waals surface area contributed by atoms with Gasteiger partial charge in [-0.2, -0.15) is 13.2 Å². The number of carbonyl (C=O) groups is 1. The SMILES string of the molecule is O=C(NCc1ccccc1CN1CCCC1)c1ccc(COCC(F)(F)F)cc1. The van der Waals surface area contributed by atoms with Crippen molar-refractivity contribution in [2.24, 2.45) is 0 Å². The van der Waals surface area contributed by atoms with Crippen LogP contribution < -0.4 is 5.32 Å². The van der Waals surface area contributed by atoms with Gasteiger partial charge in [0.05, 0.1) is 6.61 Å². The quantitative estimate of drug-likeness (QED) is 0.711. The highest BCUT2D eigenvalue weighted by Gasteiger charge is 2.27. The Morgan fingerprint density at radius 1 is 1.00 bits per heavy atom. The van der Waals surface area contributed by atoms with Crippen molar-refractivity contribution in [3.63, 3.8) is 0 Å². The summed E-state index contributed by atoms with van der Waals surface area (Å²) in [6.45, 7) is 2.11. The van der Waals surface area contributed by atoms with E-state index in [-0.39, 0.29) is 12.5 Å². The van der Waals surface area contributed by atoms with Gasteiger partial charge in [-0.1, -0.05) is 36.4 Å². The molecule has 3 rings (SSSR count). The number of hydrogen-bond acceptors (Lipinski definition) is 3. The maximum absolute atomic E-state index is 12.4. The van der Waals surface area contributed by atoms with Gasteiger partial charge in [-0.05, 0) is 54.8 Å². The van der Waals surface area contributed by atoms with E-state index in [2.05, 4.69) is 21.0 Å². The smallest absolute Gasteiger partial charge is 0.367 e. The molecule has 29 heavy (non-hydrogen) atoms. The Balaban J connectivity index is 1.52. The third-order valence-corrected chi connectivity index (χ3v) is 4.90. The molecule has 0 aliphatic carbocycles. The van der Waals surface area contributed by atoms with Crippen LogP contribution in [0.25, 0.3) is 0 Å². The molecule has 156 valence electrons. The van der Waals surface area contributed by atoms with Crippen molar-refractivity contribution in [3.05, 3.63) is 70.8 Å². The van der Waals surface area contributed by atoms with Crippen LogP contribution in [0.5, 0.6) is 0 Å². The lowest BCUT2D eigenvalue weighted by Crippen LogP contribution is -2.25. The maximum Gasteiger partial charge on any atom is 0.411 e. The Hall–Kier alpha value is -2.38. The standard InChI is InChI=1S/C22H25F3N2O2/c23-22(24,25)16-29-15-17-7-9-18(10-8-17)21(28)26-13-19-5-1-2-6-20(19)14-27-11-3-4-12-27/h1-2,5-10H,3-4,11-16H2,(H,26,28). The number of rotatable bonds is 8. The van der Waals surface area contributed by atoms with E-state index in [4.69, 9.17) is 0 Å². The van der Waals surface area contributed by atoms with Crippen LogP contribution in [0.1, 0.15) is 39.9 Å². The molecule has 0 spiro atoms. The van der Waals surface area contributed by atoms with Crippen LogP contribution in [-0.4, -0.2) is 36.7 Å². The predicted molar refractivity (Wildman–Crippen MR) is 104 cm³/mol. The number of ether oxygens (including phenoxy) is 1. The summed E-state index contributed by atoms with van der Waals surface area (Å²) in [5, 5.41) is 2.93. The van der Waals surface area contributed by atoms with Crippen LogP contribution in [-0.2, 0) is 24.4 Å². The topological polar surface area (TPSA) is 41.6 Å². The molecule has 1 fully saturated rings. The predicted octanol–water partition coefficient (Wildman–Crippen LogP) is 4.29. The van der Waals surface area contributed by atoms with Gasteiger partial charge in [0, 0.05) is 18.7 Å². The van der Waals surface area contributed by atoms with Gasteiger partial charge in [0.15, 0.2) is 0 Å². The van der Waals surface area contributed by atoms with Gasteiger partial charge in [0.2, 0.25) is 0 Å². The minimum atomic E-state index is -4.34. The molecule has 4 nitrogen and oxygen atoms in total. The van der Waals surface area contributed by atoms with Crippen molar-refractivity contribution < 1.29 is 22.7 Å². The molecule has 2 aromatic carbocycles. The minimum absolute atomic E-state index is 0.148. The number of benzene rings is 2. The van der Waals surface area contributed by atoms with Crippen LogP contribution in [0.3, 0.4) is 0 Å². The van der Waals surface area contributed by atoms with Gasteiger partial charge < -0.3 is 10.1 Å². The first kappa shape index (κ1) is 21.3. The van der Waals surface area contributed by atoms with Crippen molar-refractivity contribution in [1.29, 1.82) is 0 Å². The Kier molecular flexibility index (Phi) is 7.28. The lowest BCUT2D eigenvalue weighted by Gasteiger charge is -2.17. The zero-order valence-electron chi connectivity index (χ0n) is 16.2. The number of nitrogens with zero attached hydrogens (tertiary/aromatic N) is 1. The molecule has 0 unspecified atom stereocenters. The molecule has 1 saturated heterocycles. The molecule has 1 aliphatic heterocycles. The maximum atomic E-state index is 12.4. The van der Waals surface area contributed by atoms with E-state index in [1.807, 2.05) is 18.2 Å². The zero-order chi connectivity index (χ0) is 20.7. The normalized spacial score (nSPS) is 14.9. The van der Waals surface area contributed by atoms with E-state index in [0.717, 1.165) is 25.2 Å². The molecule has 0 bridgehead atoms. The molecular weight excluding hydrogens is 381 g/mol. The van der Waals surface area contributed by atoms with Gasteiger partial charge >= 0.3 is 6.18 Å². The fraction of sp³-hybridized carbons (Fsp3) is 0.409. The summed E-state index contributed by atoms with van der Waals surface area (Å²) in [7, 11) is 0. The van der Waals surface area contributed by atoms with E-state index >= 15 is 0 Å². The van der Waals surface area contributed by atoms with E-state index in [1.165, 1.54) is 18.4 Å². The molecule has 1 aliphatic rings. The number of halogens is 3. The Morgan fingerprint density at radius 3 is 2.31 bits per heavy atom. The molecule has 0 saturated carbocycles. The number of amides is 1. The highest BCUT2D eigenvalue weighted by molar-refractivity contribution is 5.94.